The number of hydrogen-bond donors (Lipinski definition) is 0. The Labute approximate surface area is 120 Å². The Morgan fingerprint density at radius 3 is 2.47 bits per heavy atom. The molecule has 0 aromatic rings. The van der Waals surface area contributed by atoms with Gasteiger partial charge in [-0.05, 0) is 0 Å². The van der Waals surface area contributed by atoms with Crippen LogP contribution in [0.5, 0.6) is 0 Å². The number of allylic oxidation sites excluding steroid dienone is 1. The first-order chi connectivity index (χ1) is 6.66. The molecule has 0 aliphatic heterocycles. The van der Waals surface area contributed by atoms with Gasteiger partial charge in [0.2, 0.25) is 0 Å². The van der Waals surface area contributed by atoms with Gasteiger partial charge in [0.1, 0.15) is 0 Å². The molecule has 0 saturated heterocycles. The molecule has 0 bridgehead atoms. The maximum absolute atomic E-state index is 5.32. The first-order valence-electron chi connectivity index (χ1n) is 5.66. The molecule has 0 nitrogen and oxygen atoms in total. The molecule has 84 valence electrons. The van der Waals surface area contributed by atoms with Crippen molar-refractivity contribution in [3.63, 3.8) is 0 Å². The standard InChI is InChI=1S/C12H24SSe.Li/c1-4-5-6-7-8-9-12(13)14-10-11(2)3;/h9,11,13H,4-8,10H2,1-3H3;/q;+1/p-1/b12-9+;. The van der Waals surface area contributed by atoms with Gasteiger partial charge in [0, 0.05) is 0 Å². The molecule has 0 aromatic carbocycles. The third kappa shape index (κ3) is 15.1. The van der Waals surface area contributed by atoms with E-state index in [0.29, 0.717) is 15.0 Å². The van der Waals surface area contributed by atoms with E-state index in [-0.39, 0.29) is 18.9 Å². The summed E-state index contributed by atoms with van der Waals surface area (Å²) in [6, 6.07) is 0. The van der Waals surface area contributed by atoms with Gasteiger partial charge in [0.05, 0.1) is 0 Å². The Kier molecular flexibility index (Phi) is 16.2. The molecule has 0 unspecified atom stereocenters. The van der Waals surface area contributed by atoms with Gasteiger partial charge in [-0.2, -0.15) is 0 Å². The van der Waals surface area contributed by atoms with Gasteiger partial charge in [-0.3, -0.25) is 0 Å². The minimum atomic E-state index is 0. The fourth-order valence-corrected chi connectivity index (χ4v) is 3.11. The summed E-state index contributed by atoms with van der Waals surface area (Å²) in [5, 5.41) is 1.30. The molecule has 0 heterocycles. The second kappa shape index (κ2) is 13.1. The second-order valence-corrected chi connectivity index (χ2v) is 7.33. The molecule has 0 rings (SSSR count). The molecule has 0 spiro atoms. The summed E-state index contributed by atoms with van der Waals surface area (Å²) in [6.45, 7) is 6.79. The molecule has 3 heteroatoms. The van der Waals surface area contributed by atoms with Gasteiger partial charge >= 0.3 is 120 Å². The molecular formula is C12H23LiSSe. The zero-order valence-corrected chi connectivity index (χ0v) is 13.2. The van der Waals surface area contributed by atoms with Crippen molar-refractivity contribution in [1.29, 1.82) is 0 Å². The Balaban J connectivity index is 0. The van der Waals surface area contributed by atoms with Gasteiger partial charge in [-0.15, -0.1) is 0 Å². The molecule has 0 aliphatic carbocycles. The van der Waals surface area contributed by atoms with E-state index in [1.165, 1.54) is 41.2 Å². The van der Waals surface area contributed by atoms with E-state index in [1.807, 2.05) is 0 Å². The topological polar surface area (TPSA) is 0 Å². The van der Waals surface area contributed by atoms with E-state index in [4.69, 9.17) is 12.6 Å². The molecule has 0 N–H and O–H groups in total. The molecule has 0 atom stereocenters. The molecule has 0 aromatic heterocycles. The first-order valence-corrected chi connectivity index (χ1v) is 8.14. The Morgan fingerprint density at radius 2 is 1.93 bits per heavy atom. The van der Waals surface area contributed by atoms with Crippen LogP contribution in [0.3, 0.4) is 0 Å². The SMILES string of the molecule is CCCCCC/C=C(\[S-])[Se]CC(C)C.[Li+]. The average Bonchev–Trinajstić information content (AvgIpc) is 2.14. The molecule has 0 fully saturated rings. The maximum atomic E-state index is 5.32. The number of rotatable bonds is 8. The van der Waals surface area contributed by atoms with E-state index in [1.54, 1.807) is 0 Å². The summed E-state index contributed by atoms with van der Waals surface area (Å²) in [4.78, 5) is 0. The molecule has 0 radical (unpaired) electrons. The largest absolute Gasteiger partial charge is 1.00 e. The van der Waals surface area contributed by atoms with Crippen molar-refractivity contribution in [3.8, 4) is 0 Å². The Morgan fingerprint density at radius 1 is 1.27 bits per heavy atom. The van der Waals surface area contributed by atoms with Crippen molar-refractivity contribution in [2.24, 2.45) is 5.92 Å². The zero-order chi connectivity index (χ0) is 10.8. The maximum Gasteiger partial charge on any atom is 1.00 e. The van der Waals surface area contributed by atoms with Crippen molar-refractivity contribution in [1.82, 2.24) is 0 Å². The summed E-state index contributed by atoms with van der Waals surface area (Å²) in [7, 11) is 0. The first kappa shape index (κ1) is 18.4. The van der Waals surface area contributed by atoms with Crippen molar-refractivity contribution in [3.05, 3.63) is 9.88 Å². The zero-order valence-electron chi connectivity index (χ0n) is 10.7. The summed E-state index contributed by atoms with van der Waals surface area (Å²) in [5.74, 6) is 0.807. The van der Waals surface area contributed by atoms with Crippen molar-refractivity contribution in [2.45, 2.75) is 58.2 Å². The quantitative estimate of drug-likeness (QED) is 0.366. The predicted molar refractivity (Wildman–Crippen MR) is 69.6 cm³/mol. The third-order valence-corrected chi connectivity index (χ3v) is 5.40. The average molecular weight is 285 g/mol. The van der Waals surface area contributed by atoms with Gasteiger partial charge in [0.25, 0.3) is 0 Å². The predicted octanol–water partition coefficient (Wildman–Crippen LogP) is 1.13. The van der Waals surface area contributed by atoms with E-state index < -0.39 is 0 Å². The van der Waals surface area contributed by atoms with Crippen LogP contribution in [0.25, 0.3) is 0 Å². The normalized spacial score (nSPS) is 11.6. The van der Waals surface area contributed by atoms with Gasteiger partial charge in [0.15, 0.2) is 0 Å². The van der Waals surface area contributed by atoms with Gasteiger partial charge in [-0.25, -0.2) is 0 Å². The summed E-state index contributed by atoms with van der Waals surface area (Å²) >= 11 is 5.90. The minimum Gasteiger partial charge on any atom is 1.00 e. The van der Waals surface area contributed by atoms with Gasteiger partial charge < -0.3 is 0 Å². The van der Waals surface area contributed by atoms with Crippen LogP contribution in [0, 0.1) is 5.92 Å². The fourth-order valence-electron chi connectivity index (χ4n) is 1.10. The molecule has 0 aliphatic rings. The Hall–Kier alpha value is 1.08. The van der Waals surface area contributed by atoms with Crippen LogP contribution in [0.1, 0.15) is 52.9 Å². The molecule has 15 heavy (non-hydrogen) atoms. The van der Waals surface area contributed by atoms with Crippen LogP contribution in [0.4, 0.5) is 0 Å². The van der Waals surface area contributed by atoms with Crippen molar-refractivity contribution < 1.29 is 18.9 Å². The van der Waals surface area contributed by atoms with Crippen molar-refractivity contribution >= 4 is 27.6 Å². The van der Waals surface area contributed by atoms with Crippen LogP contribution in [0.2, 0.25) is 5.32 Å². The van der Waals surface area contributed by atoms with E-state index in [0.717, 1.165) is 5.92 Å². The van der Waals surface area contributed by atoms with E-state index in [2.05, 4.69) is 26.8 Å². The number of unbranched alkanes of at least 4 members (excludes halogenated alkanes) is 4. The van der Waals surface area contributed by atoms with Crippen LogP contribution >= 0.6 is 0 Å². The fraction of sp³-hybridized carbons (Fsp3) is 0.833. The molecular weight excluding hydrogens is 262 g/mol. The third-order valence-electron chi connectivity index (χ3n) is 1.93. The van der Waals surface area contributed by atoms with Crippen LogP contribution in [-0.4, -0.2) is 15.0 Å². The number of hydrogen-bond acceptors (Lipinski definition) is 1. The second-order valence-electron chi connectivity index (χ2n) is 4.08. The van der Waals surface area contributed by atoms with Crippen LogP contribution in [-0.2, 0) is 12.6 Å². The molecule has 0 amide bonds. The summed E-state index contributed by atoms with van der Waals surface area (Å²) < 4.78 is 1.24. The summed E-state index contributed by atoms with van der Waals surface area (Å²) in [5.41, 5.74) is 0. The smallest absolute Gasteiger partial charge is 1.00 e. The summed E-state index contributed by atoms with van der Waals surface area (Å²) in [6.07, 6.45) is 8.88. The minimum absolute atomic E-state index is 0. The Bertz CT molecular complexity index is 158. The van der Waals surface area contributed by atoms with E-state index >= 15 is 0 Å². The van der Waals surface area contributed by atoms with Crippen LogP contribution < -0.4 is 18.9 Å². The van der Waals surface area contributed by atoms with E-state index in [9.17, 15) is 0 Å². The monoisotopic (exact) mass is 286 g/mol. The molecule has 0 saturated carbocycles. The van der Waals surface area contributed by atoms with Crippen molar-refractivity contribution in [2.75, 3.05) is 0 Å². The van der Waals surface area contributed by atoms with Gasteiger partial charge in [-0.1, -0.05) is 0 Å². The van der Waals surface area contributed by atoms with Crippen LogP contribution in [0.15, 0.2) is 9.88 Å².